The Kier molecular flexibility index (Phi) is 2.54. The van der Waals surface area contributed by atoms with Gasteiger partial charge in [-0.15, -0.1) is 0 Å². The summed E-state index contributed by atoms with van der Waals surface area (Å²) in [6.45, 7) is 2.17. The molecule has 1 aliphatic rings. The molecule has 1 aliphatic heterocycles. The number of fused-ring (bicyclic) bond motifs is 1. The fourth-order valence-electron chi connectivity index (χ4n) is 2.27. The molecule has 0 spiro atoms. The number of benzene rings is 1. The van der Waals surface area contributed by atoms with Crippen LogP contribution in [0, 0.1) is 0 Å². The van der Waals surface area contributed by atoms with Crippen LogP contribution in [0.5, 0.6) is 0 Å². The molecule has 16 heavy (non-hydrogen) atoms. The molecule has 3 nitrogen and oxygen atoms in total. The molecule has 1 saturated heterocycles. The zero-order chi connectivity index (χ0) is 10.8. The van der Waals surface area contributed by atoms with E-state index in [4.69, 9.17) is 4.98 Å². The first-order valence-electron chi connectivity index (χ1n) is 5.86. The van der Waals surface area contributed by atoms with Crippen molar-refractivity contribution in [2.75, 3.05) is 13.1 Å². The average molecular weight is 213 g/mol. The Morgan fingerprint density at radius 1 is 1.19 bits per heavy atom. The van der Waals surface area contributed by atoms with Crippen LogP contribution in [-0.4, -0.2) is 23.1 Å². The van der Waals surface area contributed by atoms with Gasteiger partial charge >= 0.3 is 0 Å². The van der Waals surface area contributed by atoms with Crippen LogP contribution < -0.4 is 5.32 Å². The molecule has 3 rings (SSSR count). The van der Waals surface area contributed by atoms with Crippen molar-refractivity contribution < 1.29 is 0 Å². The highest BCUT2D eigenvalue weighted by atomic mass is 14.9. The van der Waals surface area contributed by atoms with Crippen molar-refractivity contribution in [1.29, 1.82) is 0 Å². The monoisotopic (exact) mass is 213 g/mol. The van der Waals surface area contributed by atoms with Crippen LogP contribution in [0.3, 0.4) is 0 Å². The number of nitrogens with one attached hydrogen (secondary N) is 1. The summed E-state index contributed by atoms with van der Waals surface area (Å²) < 4.78 is 0. The number of hydrogen-bond donors (Lipinski definition) is 1. The molecule has 1 aromatic carbocycles. The van der Waals surface area contributed by atoms with Gasteiger partial charge in [-0.1, -0.05) is 12.1 Å². The molecule has 2 aromatic rings. The Morgan fingerprint density at radius 2 is 2.06 bits per heavy atom. The van der Waals surface area contributed by atoms with Gasteiger partial charge in [0.25, 0.3) is 0 Å². The van der Waals surface area contributed by atoms with E-state index in [0.717, 1.165) is 29.8 Å². The average Bonchev–Trinajstić information content (AvgIpc) is 2.39. The van der Waals surface area contributed by atoms with Crippen LogP contribution in [0.4, 0.5) is 0 Å². The fourth-order valence-corrected chi connectivity index (χ4v) is 2.27. The summed E-state index contributed by atoms with van der Waals surface area (Å²) in [6, 6.07) is 8.05. The van der Waals surface area contributed by atoms with E-state index < -0.39 is 0 Å². The number of aromatic nitrogens is 2. The van der Waals surface area contributed by atoms with E-state index in [1.54, 1.807) is 0 Å². The molecule has 1 fully saturated rings. The SMILES string of the molecule is c1ccc2nc(C3CCCNC3)cnc2c1. The molecule has 3 heteroatoms. The standard InChI is InChI=1S/C13H15N3/c1-2-6-12-11(5-1)15-9-13(16-12)10-4-3-7-14-8-10/h1-2,5-6,9-10,14H,3-4,7-8H2. The summed E-state index contributed by atoms with van der Waals surface area (Å²) >= 11 is 0. The maximum absolute atomic E-state index is 4.70. The molecule has 0 bridgehead atoms. The van der Waals surface area contributed by atoms with Gasteiger partial charge in [0, 0.05) is 18.7 Å². The van der Waals surface area contributed by atoms with Crippen molar-refractivity contribution in [3.8, 4) is 0 Å². The molecular weight excluding hydrogens is 198 g/mol. The largest absolute Gasteiger partial charge is 0.316 e. The van der Waals surface area contributed by atoms with Gasteiger partial charge in [0.15, 0.2) is 0 Å². The normalized spacial score (nSPS) is 21.1. The molecular formula is C13H15N3. The number of hydrogen-bond acceptors (Lipinski definition) is 3. The Morgan fingerprint density at radius 3 is 2.88 bits per heavy atom. The Bertz CT molecular complexity index is 489. The third kappa shape index (κ3) is 1.78. The van der Waals surface area contributed by atoms with Crippen LogP contribution in [0.1, 0.15) is 24.5 Å². The number of piperidine rings is 1. The zero-order valence-corrected chi connectivity index (χ0v) is 9.19. The molecule has 2 heterocycles. The summed E-state index contributed by atoms with van der Waals surface area (Å²) in [5.74, 6) is 0.533. The highest BCUT2D eigenvalue weighted by Gasteiger charge is 2.16. The first-order valence-corrected chi connectivity index (χ1v) is 5.86. The van der Waals surface area contributed by atoms with Crippen molar-refractivity contribution >= 4 is 11.0 Å². The summed E-state index contributed by atoms with van der Waals surface area (Å²) in [5.41, 5.74) is 3.12. The molecule has 1 aromatic heterocycles. The number of para-hydroxylation sites is 2. The molecule has 82 valence electrons. The second-order valence-electron chi connectivity index (χ2n) is 4.33. The predicted molar refractivity (Wildman–Crippen MR) is 64.4 cm³/mol. The first kappa shape index (κ1) is 9.73. The molecule has 0 radical (unpaired) electrons. The molecule has 0 saturated carbocycles. The topological polar surface area (TPSA) is 37.8 Å². The Labute approximate surface area is 94.9 Å². The number of rotatable bonds is 1. The Hall–Kier alpha value is -1.48. The minimum Gasteiger partial charge on any atom is -0.316 e. The minimum atomic E-state index is 0.533. The summed E-state index contributed by atoms with van der Waals surface area (Å²) in [6.07, 6.45) is 4.39. The fraction of sp³-hybridized carbons (Fsp3) is 0.385. The van der Waals surface area contributed by atoms with Crippen LogP contribution >= 0.6 is 0 Å². The van der Waals surface area contributed by atoms with E-state index in [1.165, 1.54) is 12.8 Å². The van der Waals surface area contributed by atoms with Gasteiger partial charge in [-0.2, -0.15) is 0 Å². The second-order valence-corrected chi connectivity index (χ2v) is 4.33. The lowest BCUT2D eigenvalue weighted by atomic mass is 9.96. The van der Waals surface area contributed by atoms with Crippen molar-refractivity contribution in [2.45, 2.75) is 18.8 Å². The van der Waals surface area contributed by atoms with Crippen LogP contribution in [-0.2, 0) is 0 Å². The summed E-state index contributed by atoms with van der Waals surface area (Å²) in [4.78, 5) is 9.16. The van der Waals surface area contributed by atoms with E-state index in [0.29, 0.717) is 5.92 Å². The van der Waals surface area contributed by atoms with Gasteiger partial charge in [0.2, 0.25) is 0 Å². The highest BCUT2D eigenvalue weighted by Crippen LogP contribution is 2.22. The minimum absolute atomic E-state index is 0.533. The van der Waals surface area contributed by atoms with Crippen molar-refractivity contribution in [1.82, 2.24) is 15.3 Å². The quantitative estimate of drug-likeness (QED) is 0.788. The van der Waals surface area contributed by atoms with Crippen molar-refractivity contribution in [2.24, 2.45) is 0 Å². The van der Waals surface area contributed by atoms with E-state index in [1.807, 2.05) is 30.5 Å². The lowest BCUT2D eigenvalue weighted by molar-refractivity contribution is 0.454. The van der Waals surface area contributed by atoms with Crippen molar-refractivity contribution in [3.05, 3.63) is 36.2 Å². The lowest BCUT2D eigenvalue weighted by Gasteiger charge is -2.21. The molecule has 1 atom stereocenters. The third-order valence-corrected chi connectivity index (χ3v) is 3.18. The van der Waals surface area contributed by atoms with E-state index in [-0.39, 0.29) is 0 Å². The van der Waals surface area contributed by atoms with E-state index >= 15 is 0 Å². The van der Waals surface area contributed by atoms with Crippen molar-refractivity contribution in [3.63, 3.8) is 0 Å². The smallest absolute Gasteiger partial charge is 0.0890 e. The van der Waals surface area contributed by atoms with Gasteiger partial charge in [0.1, 0.15) is 0 Å². The van der Waals surface area contributed by atoms with Gasteiger partial charge < -0.3 is 5.32 Å². The summed E-state index contributed by atoms with van der Waals surface area (Å²) in [5, 5.41) is 3.41. The molecule has 0 aliphatic carbocycles. The summed E-state index contributed by atoms with van der Waals surface area (Å²) in [7, 11) is 0. The maximum Gasteiger partial charge on any atom is 0.0890 e. The Balaban J connectivity index is 1.97. The van der Waals surface area contributed by atoms with Gasteiger partial charge in [-0.3, -0.25) is 4.98 Å². The van der Waals surface area contributed by atoms with Crippen LogP contribution in [0.2, 0.25) is 0 Å². The van der Waals surface area contributed by atoms with Crippen LogP contribution in [0.25, 0.3) is 11.0 Å². The number of nitrogens with zero attached hydrogens (tertiary/aromatic N) is 2. The first-order chi connectivity index (χ1) is 7.93. The van der Waals surface area contributed by atoms with E-state index in [2.05, 4.69) is 10.3 Å². The zero-order valence-electron chi connectivity index (χ0n) is 9.19. The van der Waals surface area contributed by atoms with E-state index in [9.17, 15) is 0 Å². The molecule has 1 N–H and O–H groups in total. The highest BCUT2D eigenvalue weighted by molar-refractivity contribution is 5.73. The molecule has 1 unspecified atom stereocenters. The maximum atomic E-state index is 4.70. The lowest BCUT2D eigenvalue weighted by Crippen LogP contribution is -2.28. The van der Waals surface area contributed by atoms with Gasteiger partial charge in [-0.25, -0.2) is 4.98 Å². The predicted octanol–water partition coefficient (Wildman–Crippen LogP) is 2.10. The van der Waals surface area contributed by atoms with Gasteiger partial charge in [-0.05, 0) is 31.5 Å². The third-order valence-electron chi connectivity index (χ3n) is 3.18. The van der Waals surface area contributed by atoms with Gasteiger partial charge in [0.05, 0.1) is 16.7 Å². The molecule has 0 amide bonds. The second kappa shape index (κ2) is 4.18. The van der Waals surface area contributed by atoms with Crippen LogP contribution in [0.15, 0.2) is 30.5 Å².